The molecule has 0 radical (unpaired) electrons. The van der Waals surface area contributed by atoms with Gasteiger partial charge in [0, 0.05) is 12.0 Å². The van der Waals surface area contributed by atoms with Gasteiger partial charge in [0.25, 0.3) is 0 Å². The molecule has 110 valence electrons. The molecular weight excluding hydrogens is 250 g/mol. The normalized spacial score (nSPS) is 17.9. The van der Waals surface area contributed by atoms with Gasteiger partial charge in [-0.25, -0.2) is 0 Å². The van der Waals surface area contributed by atoms with Crippen molar-refractivity contribution in [1.29, 1.82) is 0 Å². The number of piperidine rings is 1. The fourth-order valence-electron chi connectivity index (χ4n) is 3.29. The molecule has 1 aromatic carbocycles. The van der Waals surface area contributed by atoms with Gasteiger partial charge in [-0.3, -0.25) is 4.79 Å². The monoisotopic (exact) mass is 276 g/mol. The van der Waals surface area contributed by atoms with Crippen molar-refractivity contribution in [3.8, 4) is 0 Å². The number of aryl methyl sites for hydroxylation is 1. The average molecular weight is 276 g/mol. The van der Waals surface area contributed by atoms with Crippen molar-refractivity contribution in [3.63, 3.8) is 0 Å². The number of likely N-dealkylation sites (tertiary alicyclic amines) is 1. The maximum Gasteiger partial charge on any atom is 0.303 e. The molecule has 2 rings (SSSR count). The fraction of sp³-hybridized carbons (Fsp3) is 0.588. The number of aliphatic carboxylic acids is 1. The standard InChI is InChI=1S/C17H25NO2/c1-15-7-9-16(10-8-15)14-18(11-3-2-4-12-18)13-5-6-17(19)20/h7-10H,2-6,11-14H2,1H3/p+1. The maximum atomic E-state index is 10.7. The first kappa shape index (κ1) is 15.0. The van der Waals surface area contributed by atoms with E-state index in [2.05, 4.69) is 31.2 Å². The van der Waals surface area contributed by atoms with Crippen molar-refractivity contribution in [2.75, 3.05) is 19.6 Å². The van der Waals surface area contributed by atoms with Gasteiger partial charge in [0.05, 0.1) is 26.1 Å². The highest BCUT2D eigenvalue weighted by Gasteiger charge is 2.29. The molecule has 1 aromatic rings. The van der Waals surface area contributed by atoms with E-state index in [9.17, 15) is 4.79 Å². The summed E-state index contributed by atoms with van der Waals surface area (Å²) in [6.07, 6.45) is 4.97. The summed E-state index contributed by atoms with van der Waals surface area (Å²) in [6, 6.07) is 8.79. The van der Waals surface area contributed by atoms with Gasteiger partial charge in [-0.2, -0.15) is 0 Å². The summed E-state index contributed by atoms with van der Waals surface area (Å²) in [5.41, 5.74) is 2.68. The predicted octanol–water partition coefficient (Wildman–Crippen LogP) is 3.36. The van der Waals surface area contributed by atoms with Gasteiger partial charge in [0.15, 0.2) is 0 Å². The lowest BCUT2D eigenvalue weighted by Gasteiger charge is -2.41. The molecular formula is C17H26NO2+. The number of carboxylic acids is 1. The second kappa shape index (κ2) is 6.89. The largest absolute Gasteiger partial charge is 0.481 e. The molecule has 0 atom stereocenters. The Morgan fingerprint density at radius 3 is 2.40 bits per heavy atom. The first-order valence-electron chi connectivity index (χ1n) is 7.72. The smallest absolute Gasteiger partial charge is 0.303 e. The number of benzene rings is 1. The van der Waals surface area contributed by atoms with Crippen LogP contribution in [-0.4, -0.2) is 35.2 Å². The van der Waals surface area contributed by atoms with E-state index in [0.29, 0.717) is 6.42 Å². The summed E-state index contributed by atoms with van der Waals surface area (Å²) in [5.74, 6) is -0.671. The summed E-state index contributed by atoms with van der Waals surface area (Å²) in [4.78, 5) is 10.7. The molecule has 0 bridgehead atoms. The highest BCUT2D eigenvalue weighted by atomic mass is 16.4. The SMILES string of the molecule is Cc1ccc(C[N+]2(CCCC(=O)O)CCCCC2)cc1. The summed E-state index contributed by atoms with van der Waals surface area (Å²) in [5, 5.41) is 8.84. The molecule has 1 aliphatic rings. The molecule has 3 nitrogen and oxygen atoms in total. The summed E-state index contributed by atoms with van der Waals surface area (Å²) >= 11 is 0. The van der Waals surface area contributed by atoms with Crippen LogP contribution < -0.4 is 0 Å². The third-order valence-corrected chi connectivity index (χ3v) is 4.43. The van der Waals surface area contributed by atoms with Crippen molar-refractivity contribution in [2.45, 2.75) is 45.6 Å². The Kier molecular flexibility index (Phi) is 5.18. The number of hydrogen-bond acceptors (Lipinski definition) is 1. The lowest BCUT2D eigenvalue weighted by atomic mass is 10.0. The van der Waals surface area contributed by atoms with Crippen LogP contribution in [0.5, 0.6) is 0 Å². The van der Waals surface area contributed by atoms with Crippen LogP contribution in [0.3, 0.4) is 0 Å². The second-order valence-corrected chi connectivity index (χ2v) is 6.21. The molecule has 1 fully saturated rings. The van der Waals surface area contributed by atoms with Crippen LogP contribution in [0, 0.1) is 6.92 Å². The van der Waals surface area contributed by atoms with Crippen molar-refractivity contribution in [1.82, 2.24) is 0 Å². The third-order valence-electron chi connectivity index (χ3n) is 4.43. The summed E-state index contributed by atoms with van der Waals surface area (Å²) in [7, 11) is 0. The first-order valence-corrected chi connectivity index (χ1v) is 7.72. The summed E-state index contributed by atoms with van der Waals surface area (Å²) in [6.45, 7) is 6.57. The maximum absolute atomic E-state index is 10.7. The minimum Gasteiger partial charge on any atom is -0.481 e. The minimum atomic E-state index is -0.671. The highest BCUT2D eigenvalue weighted by molar-refractivity contribution is 5.66. The van der Waals surface area contributed by atoms with E-state index in [1.165, 1.54) is 43.5 Å². The Bertz CT molecular complexity index is 433. The molecule has 0 aliphatic carbocycles. The van der Waals surface area contributed by atoms with Gasteiger partial charge in [-0.05, 0) is 26.2 Å². The van der Waals surface area contributed by atoms with Gasteiger partial charge in [0.1, 0.15) is 6.54 Å². The lowest BCUT2D eigenvalue weighted by Crippen LogP contribution is -2.51. The van der Waals surface area contributed by atoms with Gasteiger partial charge < -0.3 is 9.59 Å². The molecule has 1 aliphatic heterocycles. The van der Waals surface area contributed by atoms with E-state index in [-0.39, 0.29) is 0 Å². The summed E-state index contributed by atoms with van der Waals surface area (Å²) < 4.78 is 1.08. The van der Waals surface area contributed by atoms with E-state index < -0.39 is 5.97 Å². The second-order valence-electron chi connectivity index (χ2n) is 6.21. The first-order chi connectivity index (χ1) is 9.60. The van der Waals surface area contributed by atoms with E-state index in [1.807, 2.05) is 0 Å². The van der Waals surface area contributed by atoms with Crippen LogP contribution in [0.4, 0.5) is 0 Å². The van der Waals surface area contributed by atoms with E-state index >= 15 is 0 Å². The van der Waals surface area contributed by atoms with Gasteiger partial charge >= 0.3 is 5.97 Å². The molecule has 1 N–H and O–H groups in total. The lowest BCUT2D eigenvalue weighted by molar-refractivity contribution is -0.945. The van der Waals surface area contributed by atoms with Crippen LogP contribution in [-0.2, 0) is 11.3 Å². The number of carbonyl (C=O) groups is 1. The molecule has 0 amide bonds. The number of hydrogen-bond donors (Lipinski definition) is 1. The van der Waals surface area contributed by atoms with Crippen LogP contribution in [0.1, 0.15) is 43.2 Å². The van der Waals surface area contributed by atoms with E-state index in [0.717, 1.165) is 24.0 Å². The van der Waals surface area contributed by atoms with Crippen molar-refractivity contribution in [3.05, 3.63) is 35.4 Å². The average Bonchev–Trinajstić information content (AvgIpc) is 2.42. The number of carboxylic acid groups (broad SMARTS) is 1. The van der Waals surface area contributed by atoms with E-state index in [1.54, 1.807) is 0 Å². The fourth-order valence-corrected chi connectivity index (χ4v) is 3.29. The van der Waals surface area contributed by atoms with Crippen molar-refractivity contribution < 1.29 is 14.4 Å². The van der Waals surface area contributed by atoms with Crippen molar-refractivity contribution >= 4 is 5.97 Å². The Balaban J connectivity index is 2.02. The zero-order chi connectivity index (χ0) is 14.4. The van der Waals surface area contributed by atoms with Crippen LogP contribution in [0.25, 0.3) is 0 Å². The Labute approximate surface area is 121 Å². The molecule has 0 unspecified atom stereocenters. The van der Waals surface area contributed by atoms with Gasteiger partial charge in [-0.15, -0.1) is 0 Å². The van der Waals surface area contributed by atoms with Crippen molar-refractivity contribution in [2.24, 2.45) is 0 Å². The molecule has 0 aromatic heterocycles. The molecule has 0 saturated carbocycles. The zero-order valence-electron chi connectivity index (χ0n) is 12.5. The zero-order valence-corrected chi connectivity index (χ0v) is 12.5. The van der Waals surface area contributed by atoms with Gasteiger partial charge in [-0.1, -0.05) is 29.8 Å². The topological polar surface area (TPSA) is 37.3 Å². The molecule has 3 heteroatoms. The minimum absolute atomic E-state index is 0.300. The van der Waals surface area contributed by atoms with Gasteiger partial charge in [0.2, 0.25) is 0 Å². The quantitative estimate of drug-likeness (QED) is 0.809. The number of nitrogens with zero attached hydrogens (tertiary/aromatic N) is 1. The Morgan fingerprint density at radius 2 is 1.80 bits per heavy atom. The Hall–Kier alpha value is -1.35. The van der Waals surface area contributed by atoms with Crippen LogP contribution in [0.15, 0.2) is 24.3 Å². The predicted molar refractivity (Wildman–Crippen MR) is 80.5 cm³/mol. The van der Waals surface area contributed by atoms with Crippen LogP contribution >= 0.6 is 0 Å². The van der Waals surface area contributed by atoms with E-state index in [4.69, 9.17) is 5.11 Å². The molecule has 1 saturated heterocycles. The highest BCUT2D eigenvalue weighted by Crippen LogP contribution is 2.24. The molecule has 20 heavy (non-hydrogen) atoms. The van der Waals surface area contributed by atoms with Crippen LogP contribution in [0.2, 0.25) is 0 Å². The number of quaternary nitrogens is 1. The third kappa shape index (κ3) is 4.34. The molecule has 0 spiro atoms. The number of rotatable bonds is 6. The molecule has 1 heterocycles. The Morgan fingerprint density at radius 1 is 1.15 bits per heavy atom.